The fourth-order valence-corrected chi connectivity index (χ4v) is 4.13. The minimum absolute atomic E-state index is 0.132. The molecule has 0 aliphatic heterocycles. The summed E-state index contributed by atoms with van der Waals surface area (Å²) in [5.41, 5.74) is 4.94. The molecular weight excluding hydrogens is 318 g/mol. The van der Waals surface area contributed by atoms with Crippen LogP contribution in [0.4, 0.5) is 14.5 Å². The Morgan fingerprint density at radius 1 is 1.29 bits per heavy atom. The maximum atomic E-state index is 13.8. The minimum atomic E-state index is -4.08. The Bertz CT molecular complexity index is 731. The monoisotopic (exact) mass is 332 g/mol. The molecule has 1 aromatic carbocycles. The second kappa shape index (κ2) is 6.08. The molecule has 4 nitrogen and oxygen atoms in total. The molecule has 0 fully saturated rings. The Balaban J connectivity index is 2.42. The quantitative estimate of drug-likeness (QED) is 0.857. The number of nitrogens with zero attached hydrogens (tertiary/aromatic N) is 1. The van der Waals surface area contributed by atoms with Gasteiger partial charge in [-0.05, 0) is 17.5 Å². The Hall–Kier alpha value is -1.51. The van der Waals surface area contributed by atoms with Gasteiger partial charge in [-0.3, -0.25) is 0 Å². The number of nitrogen functional groups attached to an aromatic ring is 1. The number of thiophene rings is 1. The van der Waals surface area contributed by atoms with Gasteiger partial charge in [0, 0.05) is 24.0 Å². The number of sulfonamides is 1. The number of halogens is 2. The number of rotatable bonds is 5. The van der Waals surface area contributed by atoms with Crippen LogP contribution in [0.5, 0.6) is 0 Å². The third-order valence-electron chi connectivity index (χ3n) is 2.93. The zero-order chi connectivity index (χ0) is 15.6. The normalized spacial score (nSPS) is 12.0. The van der Waals surface area contributed by atoms with Crippen LogP contribution in [0.2, 0.25) is 0 Å². The maximum Gasteiger partial charge on any atom is 0.246 e. The van der Waals surface area contributed by atoms with E-state index in [0.717, 1.165) is 15.2 Å². The van der Waals surface area contributed by atoms with E-state index >= 15 is 0 Å². The van der Waals surface area contributed by atoms with Crippen LogP contribution in [0.1, 0.15) is 11.8 Å². The second-order valence-corrected chi connectivity index (χ2v) is 7.25. The molecule has 2 rings (SSSR count). The van der Waals surface area contributed by atoms with Crippen LogP contribution >= 0.6 is 11.3 Å². The van der Waals surface area contributed by atoms with Gasteiger partial charge in [0.1, 0.15) is 16.5 Å². The SMILES string of the molecule is CCN(Cc1cccs1)S(=O)(=O)c1cc(N)c(F)cc1F. The van der Waals surface area contributed by atoms with E-state index in [2.05, 4.69) is 0 Å². The van der Waals surface area contributed by atoms with E-state index in [-0.39, 0.29) is 13.1 Å². The number of benzene rings is 1. The summed E-state index contributed by atoms with van der Waals surface area (Å²) < 4.78 is 53.1. The molecule has 0 spiro atoms. The van der Waals surface area contributed by atoms with Crippen LogP contribution in [0.25, 0.3) is 0 Å². The third-order valence-corrected chi connectivity index (χ3v) is 5.73. The molecule has 114 valence electrons. The average molecular weight is 332 g/mol. The largest absolute Gasteiger partial charge is 0.396 e. The van der Waals surface area contributed by atoms with Gasteiger partial charge in [0.05, 0.1) is 5.69 Å². The molecule has 0 saturated carbocycles. The van der Waals surface area contributed by atoms with E-state index in [1.54, 1.807) is 19.1 Å². The fraction of sp³-hybridized carbons (Fsp3) is 0.231. The Labute approximate surface area is 125 Å². The van der Waals surface area contributed by atoms with Gasteiger partial charge in [-0.25, -0.2) is 17.2 Å². The summed E-state index contributed by atoms with van der Waals surface area (Å²) in [7, 11) is -4.08. The van der Waals surface area contributed by atoms with Crippen molar-refractivity contribution in [1.29, 1.82) is 0 Å². The Morgan fingerprint density at radius 2 is 2.00 bits per heavy atom. The molecule has 1 aromatic heterocycles. The molecule has 0 aliphatic carbocycles. The molecule has 0 aliphatic rings. The average Bonchev–Trinajstić information content (AvgIpc) is 2.92. The maximum absolute atomic E-state index is 13.8. The summed E-state index contributed by atoms with van der Waals surface area (Å²) in [5.74, 6) is -2.13. The summed E-state index contributed by atoms with van der Waals surface area (Å²) in [6, 6.07) is 4.90. The van der Waals surface area contributed by atoms with Crippen molar-refractivity contribution < 1.29 is 17.2 Å². The lowest BCUT2D eigenvalue weighted by Crippen LogP contribution is -2.31. The van der Waals surface area contributed by atoms with Gasteiger partial charge in [0.2, 0.25) is 10.0 Å². The first-order valence-corrected chi connectivity index (χ1v) is 8.45. The molecule has 0 unspecified atom stereocenters. The van der Waals surface area contributed by atoms with Crippen LogP contribution in [0, 0.1) is 11.6 Å². The lowest BCUT2D eigenvalue weighted by molar-refractivity contribution is 0.421. The molecule has 0 amide bonds. The van der Waals surface area contributed by atoms with Crippen LogP contribution in [0.3, 0.4) is 0 Å². The topological polar surface area (TPSA) is 63.4 Å². The highest BCUT2D eigenvalue weighted by molar-refractivity contribution is 7.89. The zero-order valence-electron chi connectivity index (χ0n) is 11.2. The second-order valence-electron chi connectivity index (χ2n) is 4.31. The van der Waals surface area contributed by atoms with Gasteiger partial charge >= 0.3 is 0 Å². The van der Waals surface area contributed by atoms with Gasteiger partial charge in [0.15, 0.2) is 0 Å². The predicted molar refractivity (Wildman–Crippen MR) is 78.4 cm³/mol. The number of anilines is 1. The highest BCUT2D eigenvalue weighted by atomic mass is 32.2. The van der Waals surface area contributed by atoms with Gasteiger partial charge in [-0.2, -0.15) is 4.31 Å². The molecule has 0 bridgehead atoms. The highest BCUT2D eigenvalue weighted by Crippen LogP contribution is 2.25. The molecular formula is C13H14F2N2O2S2. The van der Waals surface area contributed by atoms with Crippen molar-refractivity contribution in [1.82, 2.24) is 4.31 Å². The number of hydrogen-bond acceptors (Lipinski definition) is 4. The lowest BCUT2D eigenvalue weighted by atomic mass is 10.3. The van der Waals surface area contributed by atoms with Gasteiger partial charge < -0.3 is 5.73 Å². The lowest BCUT2D eigenvalue weighted by Gasteiger charge is -2.20. The number of nitrogens with two attached hydrogens (primary N) is 1. The van der Waals surface area contributed by atoms with Crippen LogP contribution in [0.15, 0.2) is 34.5 Å². The van der Waals surface area contributed by atoms with Crippen molar-refractivity contribution in [2.45, 2.75) is 18.4 Å². The first kappa shape index (κ1) is 15.9. The van der Waals surface area contributed by atoms with Crippen molar-refractivity contribution >= 4 is 27.0 Å². The van der Waals surface area contributed by atoms with E-state index in [1.807, 2.05) is 5.38 Å². The molecule has 21 heavy (non-hydrogen) atoms. The van der Waals surface area contributed by atoms with Crippen molar-refractivity contribution in [3.05, 3.63) is 46.2 Å². The molecule has 0 radical (unpaired) electrons. The molecule has 2 aromatic rings. The standard InChI is InChI=1S/C13H14F2N2O2S2/c1-2-17(8-9-4-3-5-20-9)21(18,19)13-7-12(16)10(14)6-11(13)15/h3-7H,2,8,16H2,1H3. The highest BCUT2D eigenvalue weighted by Gasteiger charge is 2.28. The Kier molecular flexibility index (Phi) is 4.60. The van der Waals surface area contributed by atoms with Crippen LogP contribution in [-0.4, -0.2) is 19.3 Å². The van der Waals surface area contributed by atoms with Crippen LogP contribution in [-0.2, 0) is 16.6 Å². The van der Waals surface area contributed by atoms with Crippen LogP contribution < -0.4 is 5.73 Å². The van der Waals surface area contributed by atoms with Gasteiger partial charge in [0.25, 0.3) is 0 Å². The smallest absolute Gasteiger partial charge is 0.246 e. The first-order chi connectivity index (χ1) is 9.86. The zero-order valence-corrected chi connectivity index (χ0v) is 12.8. The van der Waals surface area contributed by atoms with E-state index in [0.29, 0.717) is 6.07 Å². The summed E-state index contributed by atoms with van der Waals surface area (Å²) in [4.78, 5) is 0.218. The van der Waals surface area contributed by atoms with E-state index < -0.39 is 32.2 Å². The van der Waals surface area contributed by atoms with E-state index in [9.17, 15) is 17.2 Å². The van der Waals surface area contributed by atoms with E-state index in [4.69, 9.17) is 5.73 Å². The predicted octanol–water partition coefficient (Wildman–Crippen LogP) is 2.82. The molecule has 8 heteroatoms. The third kappa shape index (κ3) is 3.22. The van der Waals surface area contributed by atoms with Crippen molar-refractivity contribution in [2.24, 2.45) is 0 Å². The molecule has 1 heterocycles. The molecule has 0 atom stereocenters. The minimum Gasteiger partial charge on any atom is -0.396 e. The number of hydrogen-bond donors (Lipinski definition) is 1. The van der Waals surface area contributed by atoms with E-state index in [1.165, 1.54) is 11.3 Å². The van der Waals surface area contributed by atoms with Gasteiger partial charge in [-0.15, -0.1) is 11.3 Å². The Morgan fingerprint density at radius 3 is 2.57 bits per heavy atom. The first-order valence-electron chi connectivity index (χ1n) is 6.13. The summed E-state index contributed by atoms with van der Waals surface area (Å²) >= 11 is 1.40. The molecule has 2 N–H and O–H groups in total. The van der Waals surface area contributed by atoms with Crippen molar-refractivity contribution in [2.75, 3.05) is 12.3 Å². The van der Waals surface area contributed by atoms with Gasteiger partial charge in [-0.1, -0.05) is 13.0 Å². The van der Waals surface area contributed by atoms with Crippen molar-refractivity contribution in [3.8, 4) is 0 Å². The summed E-state index contributed by atoms with van der Waals surface area (Å²) in [6.07, 6.45) is 0. The molecule has 0 saturated heterocycles. The summed E-state index contributed by atoms with van der Waals surface area (Å²) in [5, 5.41) is 1.83. The van der Waals surface area contributed by atoms with Crippen molar-refractivity contribution in [3.63, 3.8) is 0 Å². The fourth-order valence-electron chi connectivity index (χ4n) is 1.82. The summed E-state index contributed by atoms with van der Waals surface area (Å²) in [6.45, 7) is 1.94.